The Balaban J connectivity index is 1.71. The zero-order valence-electron chi connectivity index (χ0n) is 15.8. The number of hydrogen-bond donors (Lipinski definition) is 2. The second-order valence-electron chi connectivity index (χ2n) is 6.60. The van der Waals surface area contributed by atoms with Gasteiger partial charge in [0, 0.05) is 30.1 Å². The molecule has 1 unspecified atom stereocenters. The zero-order valence-corrected chi connectivity index (χ0v) is 15.8. The molecule has 0 aromatic heterocycles. The molecule has 29 heavy (non-hydrogen) atoms. The van der Waals surface area contributed by atoms with Crippen LogP contribution in [0.5, 0.6) is 0 Å². The van der Waals surface area contributed by atoms with Crippen LogP contribution < -0.4 is 10.6 Å². The molecule has 0 saturated carbocycles. The highest BCUT2D eigenvalue weighted by atomic mass is 16.2. The van der Waals surface area contributed by atoms with Crippen molar-refractivity contribution in [2.45, 2.75) is 13.3 Å². The van der Waals surface area contributed by atoms with Crippen molar-refractivity contribution >= 4 is 39.7 Å². The number of rotatable bonds is 6. The molecule has 0 radical (unpaired) electrons. The van der Waals surface area contributed by atoms with E-state index in [0.717, 1.165) is 10.8 Å². The Labute approximate surface area is 168 Å². The van der Waals surface area contributed by atoms with Crippen LogP contribution in [0.1, 0.15) is 12.5 Å². The summed E-state index contributed by atoms with van der Waals surface area (Å²) in [6.07, 6.45) is -0.0540. The van der Waals surface area contributed by atoms with Gasteiger partial charge >= 0.3 is 0 Å². The van der Waals surface area contributed by atoms with Crippen LogP contribution in [0.25, 0.3) is 10.8 Å². The molecule has 2 N–H and O–H groups in total. The zero-order chi connectivity index (χ0) is 20.8. The molecule has 0 bridgehead atoms. The number of hydrogen-bond acceptors (Lipinski definition) is 4. The summed E-state index contributed by atoms with van der Waals surface area (Å²) >= 11 is 0. The van der Waals surface area contributed by atoms with Gasteiger partial charge in [0.05, 0.1) is 6.07 Å². The largest absolute Gasteiger partial charge is 0.326 e. The molecule has 2 amide bonds. The highest BCUT2D eigenvalue weighted by molar-refractivity contribution is 6.12. The first kappa shape index (κ1) is 19.8. The van der Waals surface area contributed by atoms with Crippen molar-refractivity contribution in [3.8, 4) is 6.07 Å². The highest BCUT2D eigenvalue weighted by Gasteiger charge is 2.26. The SMILES string of the molecule is CC(=O)Nc1ccc(CC(=O)C(C#N)C(=O)Nc2cccc3ccccc23)cc1. The minimum absolute atomic E-state index is 0.0540. The Morgan fingerprint density at radius 3 is 2.31 bits per heavy atom. The van der Waals surface area contributed by atoms with Crippen molar-refractivity contribution in [1.29, 1.82) is 5.26 Å². The van der Waals surface area contributed by atoms with E-state index in [1.807, 2.05) is 36.4 Å². The number of nitriles is 1. The number of ketones is 1. The molecule has 0 aliphatic rings. The van der Waals surface area contributed by atoms with Crippen LogP contribution in [0.2, 0.25) is 0 Å². The molecular formula is C23H19N3O3. The number of benzene rings is 3. The van der Waals surface area contributed by atoms with Crippen LogP contribution in [-0.4, -0.2) is 17.6 Å². The number of amides is 2. The molecule has 3 aromatic carbocycles. The summed E-state index contributed by atoms with van der Waals surface area (Å²) in [6.45, 7) is 1.41. The third-order valence-corrected chi connectivity index (χ3v) is 4.41. The van der Waals surface area contributed by atoms with Gasteiger partial charge in [0.25, 0.3) is 0 Å². The number of Topliss-reactive ketones (excluding diaryl/α,β-unsaturated/α-hetero) is 1. The van der Waals surface area contributed by atoms with Crippen LogP contribution in [0, 0.1) is 17.2 Å². The van der Waals surface area contributed by atoms with Crippen molar-refractivity contribution < 1.29 is 14.4 Å². The molecule has 3 aromatic rings. The standard InChI is InChI=1S/C23H19N3O3/c1-15(27)25-18-11-9-16(10-12-18)13-22(28)20(14-24)23(29)26-21-8-4-6-17-5-2-3-7-19(17)21/h2-12,20H,13H2,1H3,(H,25,27)(H,26,29). The molecular weight excluding hydrogens is 366 g/mol. The van der Waals surface area contributed by atoms with Gasteiger partial charge in [-0.15, -0.1) is 0 Å². The lowest BCUT2D eigenvalue weighted by atomic mass is 9.97. The van der Waals surface area contributed by atoms with Gasteiger partial charge in [0.2, 0.25) is 11.8 Å². The average molecular weight is 385 g/mol. The Bertz CT molecular complexity index is 1110. The second-order valence-corrected chi connectivity index (χ2v) is 6.60. The fourth-order valence-corrected chi connectivity index (χ4v) is 3.03. The van der Waals surface area contributed by atoms with Gasteiger partial charge in [-0.2, -0.15) is 5.26 Å². The number of fused-ring (bicyclic) bond motifs is 1. The first-order valence-corrected chi connectivity index (χ1v) is 9.05. The maximum absolute atomic E-state index is 12.6. The van der Waals surface area contributed by atoms with E-state index in [2.05, 4.69) is 10.6 Å². The topological polar surface area (TPSA) is 99.1 Å². The summed E-state index contributed by atoms with van der Waals surface area (Å²) in [5.41, 5.74) is 1.82. The van der Waals surface area contributed by atoms with Gasteiger partial charge in [-0.25, -0.2) is 0 Å². The molecule has 3 rings (SSSR count). The number of anilines is 2. The fraction of sp³-hybridized carbons (Fsp3) is 0.130. The molecule has 0 saturated heterocycles. The van der Waals surface area contributed by atoms with E-state index >= 15 is 0 Å². The van der Waals surface area contributed by atoms with Crippen molar-refractivity contribution in [2.75, 3.05) is 10.6 Å². The van der Waals surface area contributed by atoms with Crippen molar-refractivity contribution in [3.05, 3.63) is 72.3 Å². The monoisotopic (exact) mass is 385 g/mol. The van der Waals surface area contributed by atoms with E-state index in [4.69, 9.17) is 0 Å². The molecule has 6 nitrogen and oxygen atoms in total. The lowest BCUT2D eigenvalue weighted by Crippen LogP contribution is -2.29. The van der Waals surface area contributed by atoms with Gasteiger partial charge in [-0.05, 0) is 29.1 Å². The summed E-state index contributed by atoms with van der Waals surface area (Å²) in [5, 5.41) is 16.5. The van der Waals surface area contributed by atoms with Crippen LogP contribution in [0.4, 0.5) is 11.4 Å². The van der Waals surface area contributed by atoms with E-state index in [9.17, 15) is 19.6 Å². The molecule has 6 heteroatoms. The lowest BCUT2D eigenvalue weighted by molar-refractivity contribution is -0.128. The Kier molecular flexibility index (Phi) is 6.00. The van der Waals surface area contributed by atoms with Gasteiger partial charge in [-0.1, -0.05) is 48.5 Å². The average Bonchev–Trinajstić information content (AvgIpc) is 2.70. The van der Waals surface area contributed by atoms with Crippen LogP contribution >= 0.6 is 0 Å². The summed E-state index contributed by atoms with van der Waals surface area (Å²) in [6, 6.07) is 21.5. The van der Waals surface area contributed by atoms with Crippen molar-refractivity contribution in [1.82, 2.24) is 0 Å². The number of carbonyl (C=O) groups excluding carboxylic acids is 3. The number of nitrogens with one attached hydrogen (secondary N) is 2. The third kappa shape index (κ3) is 4.85. The number of carbonyl (C=O) groups is 3. The van der Waals surface area contributed by atoms with Crippen LogP contribution in [0.15, 0.2) is 66.7 Å². The first-order chi connectivity index (χ1) is 14.0. The maximum atomic E-state index is 12.6. The van der Waals surface area contributed by atoms with E-state index in [1.165, 1.54) is 6.92 Å². The summed E-state index contributed by atoms with van der Waals surface area (Å²) in [4.78, 5) is 36.2. The third-order valence-electron chi connectivity index (χ3n) is 4.41. The van der Waals surface area contributed by atoms with Crippen LogP contribution in [-0.2, 0) is 20.8 Å². The summed E-state index contributed by atoms with van der Waals surface area (Å²) in [5.74, 6) is -2.74. The molecule has 0 fully saturated rings. The Morgan fingerprint density at radius 2 is 1.62 bits per heavy atom. The first-order valence-electron chi connectivity index (χ1n) is 9.05. The van der Waals surface area contributed by atoms with Gasteiger partial charge < -0.3 is 10.6 Å². The quantitative estimate of drug-likeness (QED) is 0.632. The van der Waals surface area contributed by atoms with Gasteiger partial charge in [0.1, 0.15) is 0 Å². The molecule has 144 valence electrons. The molecule has 0 heterocycles. The van der Waals surface area contributed by atoms with E-state index in [0.29, 0.717) is 16.9 Å². The van der Waals surface area contributed by atoms with E-state index in [-0.39, 0.29) is 12.3 Å². The predicted molar refractivity (Wildman–Crippen MR) is 111 cm³/mol. The Morgan fingerprint density at radius 1 is 0.931 bits per heavy atom. The highest BCUT2D eigenvalue weighted by Crippen LogP contribution is 2.23. The predicted octanol–water partition coefficient (Wildman–Crippen LogP) is 3.69. The minimum Gasteiger partial charge on any atom is -0.326 e. The van der Waals surface area contributed by atoms with Crippen molar-refractivity contribution in [2.24, 2.45) is 5.92 Å². The maximum Gasteiger partial charge on any atom is 0.249 e. The van der Waals surface area contributed by atoms with Crippen LogP contribution in [0.3, 0.4) is 0 Å². The normalized spacial score (nSPS) is 11.3. The number of nitrogens with zero attached hydrogens (tertiary/aromatic N) is 1. The lowest BCUT2D eigenvalue weighted by Gasteiger charge is -2.12. The Hall–Kier alpha value is -3.98. The molecule has 0 aliphatic carbocycles. The summed E-state index contributed by atoms with van der Waals surface area (Å²) < 4.78 is 0. The fourth-order valence-electron chi connectivity index (χ4n) is 3.03. The smallest absolute Gasteiger partial charge is 0.249 e. The van der Waals surface area contributed by atoms with E-state index < -0.39 is 17.6 Å². The second kappa shape index (κ2) is 8.81. The summed E-state index contributed by atoms with van der Waals surface area (Å²) in [7, 11) is 0. The molecule has 1 atom stereocenters. The van der Waals surface area contributed by atoms with E-state index in [1.54, 1.807) is 36.4 Å². The van der Waals surface area contributed by atoms with Gasteiger partial charge in [-0.3, -0.25) is 14.4 Å². The molecule has 0 aliphatic heterocycles. The van der Waals surface area contributed by atoms with Gasteiger partial charge in [0.15, 0.2) is 11.7 Å². The van der Waals surface area contributed by atoms with Crippen molar-refractivity contribution in [3.63, 3.8) is 0 Å². The molecule has 0 spiro atoms. The minimum atomic E-state index is -1.41.